The fraction of sp³-hybridized carbons (Fsp3) is 0.278. The van der Waals surface area contributed by atoms with Crippen molar-refractivity contribution in [1.82, 2.24) is 5.48 Å². The second-order valence-corrected chi connectivity index (χ2v) is 6.09. The molecule has 0 aromatic heterocycles. The monoisotopic (exact) mass is 347 g/mol. The predicted molar refractivity (Wildman–Crippen MR) is 92.8 cm³/mol. The van der Waals surface area contributed by atoms with Crippen molar-refractivity contribution in [3.63, 3.8) is 0 Å². The molecule has 1 amide bonds. The van der Waals surface area contributed by atoms with Gasteiger partial charge in [0, 0.05) is 5.41 Å². The second kappa shape index (κ2) is 9.75. The Morgan fingerprint density at radius 2 is 1.50 bits per heavy atom. The van der Waals surface area contributed by atoms with Gasteiger partial charge < -0.3 is 0 Å². The van der Waals surface area contributed by atoms with Crippen LogP contribution in [0, 0.1) is 5.41 Å². The van der Waals surface area contributed by atoms with Gasteiger partial charge in [-0.3, -0.25) is 10.0 Å². The van der Waals surface area contributed by atoms with Crippen LogP contribution >= 0.6 is 0 Å². The summed E-state index contributed by atoms with van der Waals surface area (Å²) < 4.78 is 16.6. The molecule has 5 nitrogen and oxygen atoms in total. The lowest BCUT2D eigenvalue weighted by Crippen LogP contribution is -2.35. The van der Waals surface area contributed by atoms with Crippen molar-refractivity contribution in [2.75, 3.05) is 0 Å². The standard InChI is InChI=1S/C18H21NO2.O2S/c1-18(2,17(20)19-21)13-12-14-8-10-16(11-9-14)15-6-4-3-5-7-15;1-3-2/h3-11,21H,12-13H2,1-2H3,(H,19,20);. The van der Waals surface area contributed by atoms with E-state index >= 15 is 0 Å². The molecule has 6 heteroatoms. The molecular formula is C18H21NO4S. The average Bonchev–Trinajstić information content (AvgIpc) is 2.61. The number of rotatable bonds is 5. The molecule has 0 aliphatic heterocycles. The molecule has 0 aliphatic carbocycles. The van der Waals surface area contributed by atoms with E-state index in [2.05, 4.69) is 36.4 Å². The molecule has 24 heavy (non-hydrogen) atoms. The number of amides is 1. The third kappa shape index (κ3) is 6.06. The van der Waals surface area contributed by atoms with Crippen LogP contribution in [0.3, 0.4) is 0 Å². The van der Waals surface area contributed by atoms with Crippen molar-refractivity contribution < 1.29 is 18.4 Å². The molecular weight excluding hydrogens is 326 g/mol. The number of aryl methyl sites for hydroxylation is 1. The maximum atomic E-state index is 11.5. The molecule has 0 fully saturated rings. The van der Waals surface area contributed by atoms with Gasteiger partial charge in [-0.15, -0.1) is 0 Å². The Bertz CT molecular complexity index is 678. The summed E-state index contributed by atoms with van der Waals surface area (Å²) >= 11 is -0.750. The number of carbonyl (C=O) groups excluding carboxylic acids is 1. The van der Waals surface area contributed by atoms with Gasteiger partial charge in [-0.05, 0) is 29.5 Å². The Labute approximate surface area is 145 Å². The first kappa shape index (κ1) is 19.7. The van der Waals surface area contributed by atoms with Gasteiger partial charge in [0.25, 0.3) is 0 Å². The molecule has 0 atom stereocenters. The van der Waals surface area contributed by atoms with Gasteiger partial charge in [0.1, 0.15) is 0 Å². The highest BCUT2D eigenvalue weighted by Gasteiger charge is 2.26. The van der Waals surface area contributed by atoms with E-state index in [-0.39, 0.29) is 5.91 Å². The molecule has 2 aromatic rings. The van der Waals surface area contributed by atoms with Crippen LogP contribution in [0.5, 0.6) is 0 Å². The number of hydrogen-bond acceptors (Lipinski definition) is 4. The molecule has 2 rings (SSSR count). The first-order valence-corrected chi connectivity index (χ1v) is 8.12. The van der Waals surface area contributed by atoms with E-state index in [0.717, 1.165) is 6.42 Å². The SMILES string of the molecule is CC(C)(CCc1ccc(-c2ccccc2)cc1)C(=O)NO.O=S=O. The fourth-order valence-electron chi connectivity index (χ4n) is 2.22. The van der Waals surface area contributed by atoms with Crippen LogP contribution in [0.4, 0.5) is 0 Å². The highest BCUT2D eigenvalue weighted by atomic mass is 32.1. The van der Waals surface area contributed by atoms with Gasteiger partial charge in [-0.25, -0.2) is 5.48 Å². The highest BCUT2D eigenvalue weighted by Crippen LogP contribution is 2.24. The van der Waals surface area contributed by atoms with Crippen LogP contribution in [0.25, 0.3) is 11.1 Å². The summed E-state index contributed by atoms with van der Waals surface area (Å²) in [7, 11) is 0. The Kier molecular flexibility index (Phi) is 8.01. The molecule has 2 aromatic carbocycles. The molecule has 0 saturated heterocycles. The fourth-order valence-corrected chi connectivity index (χ4v) is 2.22. The molecule has 0 bridgehead atoms. The summed E-state index contributed by atoms with van der Waals surface area (Å²) in [5.41, 5.74) is 4.73. The van der Waals surface area contributed by atoms with Gasteiger partial charge in [0.15, 0.2) is 0 Å². The molecule has 0 unspecified atom stereocenters. The van der Waals surface area contributed by atoms with E-state index in [0.29, 0.717) is 6.42 Å². The molecule has 2 N–H and O–H groups in total. The maximum Gasteiger partial charge on any atom is 0.335 e. The molecule has 0 aliphatic rings. The van der Waals surface area contributed by atoms with Gasteiger partial charge >= 0.3 is 11.6 Å². The zero-order chi connectivity index (χ0) is 18.0. The van der Waals surface area contributed by atoms with Crippen molar-refractivity contribution in [1.29, 1.82) is 0 Å². The van der Waals surface area contributed by atoms with Crippen LogP contribution in [0.1, 0.15) is 25.8 Å². The van der Waals surface area contributed by atoms with Crippen LogP contribution in [-0.4, -0.2) is 19.5 Å². The van der Waals surface area contributed by atoms with E-state index in [9.17, 15) is 4.79 Å². The molecule has 0 heterocycles. The third-order valence-electron chi connectivity index (χ3n) is 3.82. The minimum Gasteiger partial charge on any atom is -0.289 e. The predicted octanol–water partition coefficient (Wildman–Crippen LogP) is 3.15. The first-order valence-electron chi connectivity index (χ1n) is 7.45. The van der Waals surface area contributed by atoms with Crippen LogP contribution < -0.4 is 5.48 Å². The Balaban J connectivity index is 0.000000891. The summed E-state index contributed by atoms with van der Waals surface area (Å²) in [5, 5.41) is 8.73. The van der Waals surface area contributed by atoms with Crippen LogP contribution in [-0.2, 0) is 22.8 Å². The average molecular weight is 347 g/mol. The van der Waals surface area contributed by atoms with Crippen LogP contribution in [0.15, 0.2) is 54.6 Å². The van der Waals surface area contributed by atoms with Crippen molar-refractivity contribution in [3.8, 4) is 11.1 Å². The van der Waals surface area contributed by atoms with E-state index in [4.69, 9.17) is 13.6 Å². The lowest BCUT2D eigenvalue weighted by atomic mass is 9.85. The van der Waals surface area contributed by atoms with Crippen LogP contribution in [0.2, 0.25) is 0 Å². The minimum atomic E-state index is -0.750. The van der Waals surface area contributed by atoms with Gasteiger partial charge in [-0.2, -0.15) is 8.42 Å². The number of hydroxylamine groups is 1. The summed E-state index contributed by atoms with van der Waals surface area (Å²) in [4.78, 5) is 11.5. The molecule has 0 spiro atoms. The number of carbonyl (C=O) groups is 1. The molecule has 0 radical (unpaired) electrons. The van der Waals surface area contributed by atoms with Gasteiger partial charge in [0.05, 0.1) is 0 Å². The summed E-state index contributed by atoms with van der Waals surface area (Å²) in [6.07, 6.45) is 1.49. The van der Waals surface area contributed by atoms with E-state index < -0.39 is 17.0 Å². The maximum absolute atomic E-state index is 11.5. The van der Waals surface area contributed by atoms with Crippen molar-refractivity contribution in [2.24, 2.45) is 5.41 Å². The van der Waals surface area contributed by atoms with Gasteiger partial charge in [0.2, 0.25) is 5.91 Å². The van der Waals surface area contributed by atoms with Gasteiger partial charge in [-0.1, -0.05) is 68.4 Å². The Morgan fingerprint density at radius 3 is 2.00 bits per heavy atom. The lowest BCUT2D eigenvalue weighted by Gasteiger charge is -2.21. The lowest BCUT2D eigenvalue weighted by molar-refractivity contribution is -0.138. The smallest absolute Gasteiger partial charge is 0.289 e. The molecule has 128 valence electrons. The minimum absolute atomic E-state index is 0.344. The Hall–Kier alpha value is -2.31. The summed E-state index contributed by atoms with van der Waals surface area (Å²) in [6.45, 7) is 3.66. The summed E-state index contributed by atoms with van der Waals surface area (Å²) in [6, 6.07) is 18.6. The zero-order valence-corrected chi connectivity index (χ0v) is 14.5. The highest BCUT2D eigenvalue weighted by molar-refractivity contribution is 7.51. The van der Waals surface area contributed by atoms with E-state index in [1.807, 2.05) is 32.0 Å². The third-order valence-corrected chi connectivity index (χ3v) is 3.82. The largest absolute Gasteiger partial charge is 0.335 e. The number of nitrogens with one attached hydrogen (secondary N) is 1. The van der Waals surface area contributed by atoms with E-state index in [1.165, 1.54) is 16.7 Å². The second-order valence-electron chi connectivity index (χ2n) is 5.96. The first-order chi connectivity index (χ1) is 11.4. The topological polar surface area (TPSA) is 83.5 Å². The Morgan fingerprint density at radius 1 is 1.00 bits per heavy atom. The van der Waals surface area contributed by atoms with E-state index in [1.54, 1.807) is 5.48 Å². The number of hydrogen-bond donors (Lipinski definition) is 2. The summed E-state index contributed by atoms with van der Waals surface area (Å²) in [5.74, 6) is -0.344. The van der Waals surface area contributed by atoms with Crippen molar-refractivity contribution >= 4 is 17.5 Å². The molecule has 0 saturated carbocycles. The zero-order valence-electron chi connectivity index (χ0n) is 13.7. The van der Waals surface area contributed by atoms with Crippen molar-refractivity contribution in [3.05, 3.63) is 60.2 Å². The van der Waals surface area contributed by atoms with Crippen molar-refractivity contribution in [2.45, 2.75) is 26.7 Å². The quantitative estimate of drug-likeness (QED) is 0.643. The normalized spacial score (nSPS) is 10.3. The number of benzene rings is 2.